The zero-order valence-corrected chi connectivity index (χ0v) is 12.8. The van der Waals surface area contributed by atoms with Crippen LogP contribution in [0.3, 0.4) is 0 Å². The van der Waals surface area contributed by atoms with Crippen LogP contribution in [0.15, 0.2) is 24.3 Å². The summed E-state index contributed by atoms with van der Waals surface area (Å²) in [5.74, 6) is 1.15. The Bertz CT molecular complexity index is 476. The Kier molecular flexibility index (Phi) is 5.59. The van der Waals surface area contributed by atoms with Crippen molar-refractivity contribution in [2.45, 2.75) is 25.8 Å². The van der Waals surface area contributed by atoms with E-state index in [2.05, 4.69) is 10.2 Å². The van der Waals surface area contributed by atoms with Gasteiger partial charge in [-0.25, -0.2) is 0 Å². The highest BCUT2D eigenvalue weighted by Gasteiger charge is 2.24. The number of nitrogens with zero attached hydrogens (tertiary/aromatic N) is 1. The molecular weight excluding hydrogens is 266 g/mol. The smallest absolute Gasteiger partial charge is 0.238 e. The Morgan fingerprint density at radius 2 is 2.29 bits per heavy atom. The number of carbonyl (C=O) groups is 1. The number of piperidine rings is 1. The maximum absolute atomic E-state index is 12.2. The molecule has 0 radical (unpaired) electrons. The molecule has 0 aromatic heterocycles. The van der Waals surface area contributed by atoms with Crippen LogP contribution in [0.5, 0.6) is 5.75 Å². The molecule has 1 aromatic carbocycles. The molecule has 1 heterocycles. The number of hydrogen-bond donors (Lipinski definition) is 2. The first-order valence-corrected chi connectivity index (χ1v) is 7.51. The van der Waals surface area contributed by atoms with Gasteiger partial charge in [-0.1, -0.05) is 12.1 Å². The van der Waals surface area contributed by atoms with Crippen molar-refractivity contribution in [3.8, 4) is 5.75 Å². The second kappa shape index (κ2) is 7.43. The number of ether oxygens (including phenoxy) is 1. The summed E-state index contributed by atoms with van der Waals surface area (Å²) in [4.78, 5) is 14.4. The zero-order valence-electron chi connectivity index (χ0n) is 12.8. The van der Waals surface area contributed by atoms with Crippen LogP contribution in [0.25, 0.3) is 0 Å². The monoisotopic (exact) mass is 291 g/mol. The molecule has 0 bridgehead atoms. The third-order valence-electron chi connectivity index (χ3n) is 4.03. The van der Waals surface area contributed by atoms with Gasteiger partial charge in [0.1, 0.15) is 5.75 Å². The predicted molar refractivity (Wildman–Crippen MR) is 84.4 cm³/mol. The molecule has 1 aliphatic rings. The third-order valence-corrected chi connectivity index (χ3v) is 4.03. The van der Waals surface area contributed by atoms with E-state index in [9.17, 15) is 4.79 Å². The van der Waals surface area contributed by atoms with Crippen molar-refractivity contribution in [2.75, 3.05) is 32.1 Å². The van der Waals surface area contributed by atoms with E-state index in [0.717, 1.165) is 25.9 Å². The summed E-state index contributed by atoms with van der Waals surface area (Å²) in [5.41, 5.74) is 6.69. The first-order chi connectivity index (χ1) is 10.1. The van der Waals surface area contributed by atoms with Gasteiger partial charge >= 0.3 is 0 Å². The molecule has 3 N–H and O–H groups in total. The van der Waals surface area contributed by atoms with E-state index in [0.29, 0.717) is 23.9 Å². The number of nitrogens with two attached hydrogens (primary N) is 1. The number of likely N-dealkylation sites (tertiary alicyclic amines) is 1. The van der Waals surface area contributed by atoms with Gasteiger partial charge in [-0.05, 0) is 44.4 Å². The Balaban J connectivity index is 1.89. The molecule has 0 saturated carbocycles. The van der Waals surface area contributed by atoms with Gasteiger partial charge in [0, 0.05) is 12.6 Å². The number of nitrogens with one attached hydrogen (secondary N) is 1. The van der Waals surface area contributed by atoms with Crippen molar-refractivity contribution in [3.63, 3.8) is 0 Å². The average Bonchev–Trinajstić information content (AvgIpc) is 2.48. The number of hydrogen-bond acceptors (Lipinski definition) is 4. The summed E-state index contributed by atoms with van der Waals surface area (Å²) in [7, 11) is 1.60. The van der Waals surface area contributed by atoms with Crippen LogP contribution in [0.1, 0.15) is 19.8 Å². The topological polar surface area (TPSA) is 67.6 Å². The molecule has 2 atom stereocenters. The summed E-state index contributed by atoms with van der Waals surface area (Å²) in [6.07, 6.45) is 2.26. The number of benzene rings is 1. The van der Waals surface area contributed by atoms with Crippen LogP contribution < -0.4 is 15.8 Å². The SMILES string of the molecule is COc1ccccc1NC(=O)CN1CCCC(C(C)N)C1. The summed E-state index contributed by atoms with van der Waals surface area (Å²) in [6.45, 7) is 4.31. The minimum Gasteiger partial charge on any atom is -0.495 e. The number of anilines is 1. The van der Waals surface area contributed by atoms with Crippen LogP contribution in [-0.4, -0.2) is 43.6 Å². The molecule has 0 spiro atoms. The van der Waals surface area contributed by atoms with Crippen molar-refractivity contribution in [2.24, 2.45) is 11.7 Å². The highest BCUT2D eigenvalue weighted by molar-refractivity contribution is 5.93. The van der Waals surface area contributed by atoms with Crippen molar-refractivity contribution in [3.05, 3.63) is 24.3 Å². The maximum atomic E-state index is 12.2. The standard InChI is InChI=1S/C16H25N3O2/c1-12(17)13-6-5-9-19(10-13)11-16(20)18-14-7-3-4-8-15(14)21-2/h3-4,7-8,12-13H,5-6,9-11,17H2,1-2H3,(H,18,20). The highest BCUT2D eigenvalue weighted by atomic mass is 16.5. The van der Waals surface area contributed by atoms with Crippen molar-refractivity contribution >= 4 is 11.6 Å². The van der Waals surface area contributed by atoms with Gasteiger partial charge in [-0.2, -0.15) is 0 Å². The lowest BCUT2D eigenvalue weighted by molar-refractivity contribution is -0.117. The van der Waals surface area contributed by atoms with Gasteiger partial charge < -0.3 is 15.8 Å². The third kappa shape index (κ3) is 4.44. The second-order valence-electron chi connectivity index (χ2n) is 5.75. The second-order valence-corrected chi connectivity index (χ2v) is 5.75. The quantitative estimate of drug-likeness (QED) is 0.866. The molecular formula is C16H25N3O2. The van der Waals surface area contributed by atoms with Gasteiger partial charge in [0.15, 0.2) is 0 Å². The zero-order chi connectivity index (χ0) is 15.2. The molecule has 1 amide bonds. The fraction of sp³-hybridized carbons (Fsp3) is 0.562. The Morgan fingerprint density at radius 1 is 1.52 bits per heavy atom. The van der Waals surface area contributed by atoms with E-state index >= 15 is 0 Å². The molecule has 5 heteroatoms. The predicted octanol–water partition coefficient (Wildman–Crippen LogP) is 1.69. The molecule has 2 rings (SSSR count). The Morgan fingerprint density at radius 3 is 3.00 bits per heavy atom. The minimum atomic E-state index is -0.00942. The van der Waals surface area contributed by atoms with Gasteiger partial charge in [0.2, 0.25) is 5.91 Å². The molecule has 116 valence electrons. The fourth-order valence-corrected chi connectivity index (χ4v) is 2.80. The Labute approximate surface area is 126 Å². The molecule has 1 fully saturated rings. The number of amides is 1. The van der Waals surface area contributed by atoms with Gasteiger partial charge in [-0.15, -0.1) is 0 Å². The van der Waals surface area contributed by atoms with E-state index < -0.39 is 0 Å². The number of carbonyl (C=O) groups excluding carboxylic acids is 1. The molecule has 1 aromatic rings. The first kappa shape index (κ1) is 15.8. The lowest BCUT2D eigenvalue weighted by Gasteiger charge is -2.34. The highest BCUT2D eigenvalue weighted by Crippen LogP contribution is 2.23. The van der Waals surface area contributed by atoms with E-state index in [1.807, 2.05) is 31.2 Å². The van der Waals surface area contributed by atoms with Gasteiger partial charge in [0.25, 0.3) is 0 Å². The Hall–Kier alpha value is -1.59. The molecule has 1 aliphatic heterocycles. The molecule has 5 nitrogen and oxygen atoms in total. The maximum Gasteiger partial charge on any atom is 0.238 e. The van der Waals surface area contributed by atoms with Crippen molar-refractivity contribution in [1.82, 2.24) is 4.90 Å². The molecule has 0 aliphatic carbocycles. The number of rotatable bonds is 5. The van der Waals surface area contributed by atoms with Crippen molar-refractivity contribution in [1.29, 1.82) is 0 Å². The molecule has 1 saturated heterocycles. The van der Waals surface area contributed by atoms with E-state index in [1.54, 1.807) is 7.11 Å². The summed E-state index contributed by atoms with van der Waals surface area (Å²) in [5, 5.41) is 2.92. The summed E-state index contributed by atoms with van der Waals surface area (Å²) in [6, 6.07) is 7.63. The van der Waals surface area contributed by atoms with Crippen LogP contribution in [0.4, 0.5) is 5.69 Å². The lowest BCUT2D eigenvalue weighted by atomic mass is 9.92. The number of methoxy groups -OCH3 is 1. The summed E-state index contributed by atoms with van der Waals surface area (Å²) >= 11 is 0. The largest absolute Gasteiger partial charge is 0.495 e. The van der Waals surface area contributed by atoms with E-state index in [4.69, 9.17) is 10.5 Å². The lowest BCUT2D eigenvalue weighted by Crippen LogP contribution is -2.45. The minimum absolute atomic E-state index is 0.00942. The van der Waals surface area contributed by atoms with Gasteiger partial charge in [-0.3, -0.25) is 9.69 Å². The van der Waals surface area contributed by atoms with Crippen LogP contribution in [0, 0.1) is 5.92 Å². The van der Waals surface area contributed by atoms with Crippen molar-refractivity contribution < 1.29 is 9.53 Å². The van der Waals surface area contributed by atoms with Crippen LogP contribution in [0.2, 0.25) is 0 Å². The molecule has 21 heavy (non-hydrogen) atoms. The normalized spacial score (nSPS) is 20.8. The number of para-hydroxylation sites is 2. The van der Waals surface area contributed by atoms with E-state index in [1.165, 1.54) is 0 Å². The van der Waals surface area contributed by atoms with Crippen LogP contribution >= 0.6 is 0 Å². The summed E-state index contributed by atoms with van der Waals surface area (Å²) < 4.78 is 5.24. The first-order valence-electron chi connectivity index (χ1n) is 7.51. The fourth-order valence-electron chi connectivity index (χ4n) is 2.80. The van der Waals surface area contributed by atoms with Crippen LogP contribution in [-0.2, 0) is 4.79 Å². The average molecular weight is 291 g/mol. The van der Waals surface area contributed by atoms with E-state index in [-0.39, 0.29) is 11.9 Å². The molecule has 2 unspecified atom stereocenters. The van der Waals surface area contributed by atoms with Gasteiger partial charge in [0.05, 0.1) is 19.3 Å².